The van der Waals surface area contributed by atoms with E-state index >= 15 is 0 Å². The Morgan fingerprint density at radius 2 is 2.22 bits per heavy atom. The molecular weight excluding hydrogens is 246 g/mol. The molecule has 18 heavy (non-hydrogen) atoms. The molecule has 0 amide bonds. The van der Waals surface area contributed by atoms with Crippen molar-refractivity contribution in [2.24, 2.45) is 0 Å². The second-order valence-corrected chi connectivity index (χ2v) is 5.28. The van der Waals surface area contributed by atoms with E-state index in [1.807, 2.05) is 31.6 Å². The fourth-order valence-corrected chi connectivity index (χ4v) is 2.51. The molecule has 2 aromatic heterocycles. The Kier molecular flexibility index (Phi) is 3.93. The maximum absolute atomic E-state index is 9.58. The van der Waals surface area contributed by atoms with Crippen LogP contribution in [-0.2, 0) is 6.54 Å². The van der Waals surface area contributed by atoms with Crippen molar-refractivity contribution in [2.75, 3.05) is 11.9 Å². The van der Waals surface area contributed by atoms with Gasteiger partial charge in [-0.25, -0.2) is 9.97 Å². The predicted octanol–water partition coefficient (Wildman–Crippen LogP) is 2.54. The molecule has 96 valence electrons. The molecular formula is C13H17N3OS. The lowest BCUT2D eigenvalue weighted by Crippen LogP contribution is -2.17. The third-order valence-electron chi connectivity index (χ3n) is 2.87. The quantitative estimate of drug-likeness (QED) is 0.921. The highest BCUT2D eigenvalue weighted by Crippen LogP contribution is 2.20. The summed E-state index contributed by atoms with van der Waals surface area (Å²) < 4.78 is 0. The number of aliphatic hydroxyl groups is 1. The van der Waals surface area contributed by atoms with Gasteiger partial charge in [-0.05, 0) is 31.5 Å². The Bertz CT molecular complexity index is 524. The zero-order chi connectivity index (χ0) is 13.1. The van der Waals surface area contributed by atoms with Gasteiger partial charge in [0.05, 0.1) is 23.9 Å². The van der Waals surface area contributed by atoms with Gasteiger partial charge in [-0.1, -0.05) is 0 Å². The number of aromatic nitrogens is 2. The first-order chi connectivity index (χ1) is 8.58. The molecule has 0 saturated carbocycles. The lowest BCUT2D eigenvalue weighted by Gasteiger charge is -2.18. The first-order valence-corrected chi connectivity index (χ1v) is 6.70. The summed E-state index contributed by atoms with van der Waals surface area (Å²) in [7, 11) is 1.99. The zero-order valence-corrected chi connectivity index (χ0v) is 11.6. The van der Waals surface area contributed by atoms with E-state index < -0.39 is 6.10 Å². The van der Waals surface area contributed by atoms with Crippen molar-refractivity contribution in [3.63, 3.8) is 0 Å². The van der Waals surface area contributed by atoms with Crippen LogP contribution in [0.2, 0.25) is 0 Å². The minimum atomic E-state index is -0.467. The van der Waals surface area contributed by atoms with E-state index in [2.05, 4.69) is 14.9 Å². The van der Waals surface area contributed by atoms with E-state index in [1.165, 1.54) is 4.88 Å². The molecule has 0 aliphatic rings. The van der Waals surface area contributed by atoms with E-state index in [-0.39, 0.29) is 0 Å². The van der Waals surface area contributed by atoms with E-state index in [0.717, 1.165) is 23.6 Å². The van der Waals surface area contributed by atoms with E-state index in [1.54, 1.807) is 24.5 Å². The van der Waals surface area contributed by atoms with Gasteiger partial charge in [0.2, 0.25) is 0 Å². The minimum absolute atomic E-state index is 0.467. The molecule has 0 aliphatic carbocycles. The second-order valence-electron chi connectivity index (χ2n) is 4.34. The van der Waals surface area contributed by atoms with Gasteiger partial charge in [0, 0.05) is 18.1 Å². The number of anilines is 1. The second kappa shape index (κ2) is 5.46. The van der Waals surface area contributed by atoms with Crippen molar-refractivity contribution in [1.29, 1.82) is 0 Å². The molecule has 2 heterocycles. The molecule has 0 aromatic carbocycles. The number of hydrogen-bond acceptors (Lipinski definition) is 5. The van der Waals surface area contributed by atoms with E-state index in [4.69, 9.17) is 0 Å². The first-order valence-electron chi connectivity index (χ1n) is 5.82. The van der Waals surface area contributed by atoms with Crippen molar-refractivity contribution < 1.29 is 5.11 Å². The Hall–Kier alpha value is -1.46. The van der Waals surface area contributed by atoms with Gasteiger partial charge in [0.25, 0.3) is 0 Å². The van der Waals surface area contributed by atoms with Crippen LogP contribution in [0.3, 0.4) is 0 Å². The number of nitrogens with zero attached hydrogens (tertiary/aromatic N) is 3. The van der Waals surface area contributed by atoms with Gasteiger partial charge in [-0.15, -0.1) is 11.3 Å². The predicted molar refractivity (Wildman–Crippen MR) is 73.8 cm³/mol. The van der Waals surface area contributed by atoms with Crippen LogP contribution in [0.1, 0.15) is 29.2 Å². The van der Waals surface area contributed by atoms with Gasteiger partial charge < -0.3 is 10.0 Å². The zero-order valence-electron chi connectivity index (χ0n) is 10.8. The Morgan fingerprint density at radius 3 is 2.83 bits per heavy atom. The molecule has 1 atom stereocenters. The summed E-state index contributed by atoms with van der Waals surface area (Å²) in [6.07, 6.45) is 1.26. The number of pyridine rings is 1. The smallest absolute Gasteiger partial charge is 0.128 e. The first kappa shape index (κ1) is 13.0. The molecule has 4 nitrogen and oxygen atoms in total. The van der Waals surface area contributed by atoms with Crippen LogP contribution in [0, 0.1) is 6.92 Å². The highest BCUT2D eigenvalue weighted by Gasteiger charge is 2.09. The third kappa shape index (κ3) is 2.86. The fraction of sp³-hybridized carbons (Fsp3) is 0.385. The Morgan fingerprint density at radius 1 is 1.44 bits per heavy atom. The van der Waals surface area contributed by atoms with Crippen LogP contribution >= 0.6 is 11.3 Å². The van der Waals surface area contributed by atoms with Crippen LogP contribution in [0.4, 0.5) is 5.82 Å². The fourth-order valence-electron chi connectivity index (χ4n) is 1.68. The van der Waals surface area contributed by atoms with E-state index in [9.17, 15) is 5.11 Å². The number of rotatable bonds is 4. The van der Waals surface area contributed by atoms with Crippen LogP contribution < -0.4 is 4.90 Å². The lowest BCUT2D eigenvalue weighted by molar-refractivity contribution is 0.199. The summed E-state index contributed by atoms with van der Waals surface area (Å²) >= 11 is 1.65. The molecule has 2 rings (SSSR count). The average Bonchev–Trinajstić information content (AvgIpc) is 2.75. The van der Waals surface area contributed by atoms with Crippen molar-refractivity contribution in [1.82, 2.24) is 9.97 Å². The number of hydrogen-bond donors (Lipinski definition) is 1. The molecule has 0 aliphatic heterocycles. The molecule has 0 radical (unpaired) electrons. The van der Waals surface area contributed by atoms with Gasteiger partial charge >= 0.3 is 0 Å². The van der Waals surface area contributed by atoms with Crippen LogP contribution in [0.15, 0.2) is 23.8 Å². The van der Waals surface area contributed by atoms with Gasteiger partial charge in [-0.3, -0.25) is 0 Å². The molecule has 2 aromatic rings. The van der Waals surface area contributed by atoms with Crippen LogP contribution in [0.5, 0.6) is 0 Å². The van der Waals surface area contributed by atoms with Gasteiger partial charge in [-0.2, -0.15) is 0 Å². The van der Waals surface area contributed by atoms with Crippen LogP contribution in [-0.4, -0.2) is 22.1 Å². The standard InChI is InChI=1S/C13H17N3OS/c1-9-12(18-8-15-9)7-16(3)13-6-11(10(2)17)4-5-14-13/h4-6,8,10,17H,7H2,1-3H3. The summed E-state index contributed by atoms with van der Waals surface area (Å²) in [6.45, 7) is 4.55. The molecule has 1 N–H and O–H groups in total. The number of aliphatic hydroxyl groups excluding tert-OH is 1. The van der Waals surface area contributed by atoms with Crippen molar-refractivity contribution >= 4 is 17.2 Å². The Labute approximate surface area is 111 Å². The summed E-state index contributed by atoms with van der Waals surface area (Å²) in [5.41, 5.74) is 3.81. The molecule has 5 heteroatoms. The lowest BCUT2D eigenvalue weighted by atomic mass is 10.1. The average molecular weight is 263 g/mol. The third-order valence-corrected chi connectivity index (χ3v) is 3.79. The molecule has 0 bridgehead atoms. The van der Waals surface area contributed by atoms with Crippen LogP contribution in [0.25, 0.3) is 0 Å². The maximum atomic E-state index is 9.58. The topological polar surface area (TPSA) is 49.2 Å². The minimum Gasteiger partial charge on any atom is -0.389 e. The maximum Gasteiger partial charge on any atom is 0.128 e. The summed E-state index contributed by atoms with van der Waals surface area (Å²) in [5.74, 6) is 0.862. The molecule has 0 saturated heterocycles. The molecule has 0 spiro atoms. The highest BCUT2D eigenvalue weighted by atomic mass is 32.1. The van der Waals surface area contributed by atoms with Gasteiger partial charge in [0.15, 0.2) is 0 Å². The van der Waals surface area contributed by atoms with Crippen molar-refractivity contribution in [3.8, 4) is 0 Å². The molecule has 0 fully saturated rings. The van der Waals surface area contributed by atoms with Gasteiger partial charge in [0.1, 0.15) is 5.82 Å². The molecule has 1 unspecified atom stereocenters. The SMILES string of the molecule is Cc1ncsc1CN(C)c1cc(C(C)O)ccn1. The monoisotopic (exact) mass is 263 g/mol. The Balaban J connectivity index is 2.16. The largest absolute Gasteiger partial charge is 0.389 e. The van der Waals surface area contributed by atoms with Crippen molar-refractivity contribution in [2.45, 2.75) is 26.5 Å². The highest BCUT2D eigenvalue weighted by molar-refractivity contribution is 7.09. The summed E-state index contributed by atoms with van der Waals surface area (Å²) in [4.78, 5) is 11.9. The number of thiazole rings is 1. The summed E-state index contributed by atoms with van der Waals surface area (Å²) in [5, 5.41) is 9.58. The van der Waals surface area contributed by atoms with Crippen molar-refractivity contribution in [3.05, 3.63) is 40.0 Å². The normalized spacial score (nSPS) is 12.4. The summed E-state index contributed by atoms with van der Waals surface area (Å²) in [6, 6.07) is 3.75. The van der Waals surface area contributed by atoms with E-state index in [0.29, 0.717) is 0 Å². The number of aryl methyl sites for hydroxylation is 1.